The summed E-state index contributed by atoms with van der Waals surface area (Å²) in [6.45, 7) is 0. The lowest BCUT2D eigenvalue weighted by atomic mass is 10.3. The number of carbonyl (C=O) groups is 1. The van der Waals surface area contributed by atoms with Crippen LogP contribution in [0.5, 0.6) is 0 Å². The molecule has 0 atom stereocenters. The molecule has 7 nitrogen and oxygen atoms in total. The van der Waals surface area contributed by atoms with Gasteiger partial charge in [-0.1, -0.05) is 6.07 Å². The van der Waals surface area contributed by atoms with Crippen LogP contribution in [0.25, 0.3) is 0 Å². The number of nitro benzene ring substituents is 1. The van der Waals surface area contributed by atoms with Gasteiger partial charge in [-0.25, -0.2) is 4.79 Å². The molecule has 0 bridgehead atoms. The number of urea groups is 1. The average molecular weight is 272 g/mol. The smallest absolute Gasteiger partial charge is 0.323 e. The minimum atomic E-state index is -0.503. The van der Waals surface area contributed by atoms with Crippen molar-refractivity contribution in [3.63, 3.8) is 0 Å². The highest BCUT2D eigenvalue weighted by atomic mass is 16.6. The zero-order valence-electron chi connectivity index (χ0n) is 10.4. The molecule has 0 aliphatic carbocycles. The molecule has 0 saturated carbocycles. The molecule has 0 fully saturated rings. The Labute approximate surface area is 114 Å². The number of hydrogen-bond donors (Lipinski definition) is 3. The summed E-state index contributed by atoms with van der Waals surface area (Å²) in [6, 6.07) is 11.8. The van der Waals surface area contributed by atoms with Gasteiger partial charge in [0.15, 0.2) is 0 Å². The Balaban J connectivity index is 1.99. The van der Waals surface area contributed by atoms with Gasteiger partial charge in [0.05, 0.1) is 4.92 Å². The van der Waals surface area contributed by atoms with Crippen LogP contribution in [0.15, 0.2) is 48.5 Å². The molecule has 0 aliphatic heterocycles. The van der Waals surface area contributed by atoms with E-state index in [1.807, 2.05) is 0 Å². The van der Waals surface area contributed by atoms with Crippen LogP contribution < -0.4 is 16.4 Å². The van der Waals surface area contributed by atoms with E-state index in [0.717, 1.165) is 0 Å². The lowest BCUT2D eigenvalue weighted by Gasteiger charge is -2.07. The van der Waals surface area contributed by atoms with Gasteiger partial charge in [-0.05, 0) is 30.3 Å². The fraction of sp³-hybridized carbons (Fsp3) is 0. The van der Waals surface area contributed by atoms with Crippen molar-refractivity contribution < 1.29 is 9.72 Å². The van der Waals surface area contributed by atoms with Gasteiger partial charge in [0.1, 0.15) is 0 Å². The first-order valence-electron chi connectivity index (χ1n) is 5.72. The van der Waals surface area contributed by atoms with Gasteiger partial charge in [-0.15, -0.1) is 0 Å². The second-order valence-corrected chi connectivity index (χ2v) is 4.01. The first kappa shape index (κ1) is 13.3. The lowest BCUT2D eigenvalue weighted by molar-refractivity contribution is -0.384. The maximum atomic E-state index is 11.7. The number of non-ortho nitro benzene ring substituents is 1. The summed E-state index contributed by atoms with van der Waals surface area (Å²) in [4.78, 5) is 21.7. The number of nitrogens with two attached hydrogens (primary N) is 1. The van der Waals surface area contributed by atoms with Gasteiger partial charge in [-0.2, -0.15) is 0 Å². The van der Waals surface area contributed by atoms with Crippen LogP contribution in [0.2, 0.25) is 0 Å². The standard InChI is InChI=1S/C13H12N4O3/c14-9-2-1-3-11(8-9)16-13(18)15-10-4-6-12(7-5-10)17(19)20/h1-8H,14H2,(H2,15,16,18). The average Bonchev–Trinajstić information content (AvgIpc) is 2.39. The summed E-state index contributed by atoms with van der Waals surface area (Å²) in [6.07, 6.45) is 0. The molecule has 102 valence electrons. The number of amides is 2. The molecule has 2 rings (SSSR count). The SMILES string of the molecule is Nc1cccc(NC(=O)Nc2ccc([N+](=O)[O-])cc2)c1. The van der Waals surface area contributed by atoms with Gasteiger partial charge >= 0.3 is 6.03 Å². The van der Waals surface area contributed by atoms with E-state index in [4.69, 9.17) is 5.73 Å². The highest BCUT2D eigenvalue weighted by Gasteiger charge is 2.06. The van der Waals surface area contributed by atoms with Crippen molar-refractivity contribution in [2.24, 2.45) is 0 Å². The molecule has 0 radical (unpaired) electrons. The topological polar surface area (TPSA) is 110 Å². The molecule has 0 unspecified atom stereocenters. The highest BCUT2D eigenvalue weighted by Crippen LogP contribution is 2.16. The molecule has 0 aliphatic rings. The summed E-state index contributed by atoms with van der Waals surface area (Å²) in [7, 11) is 0. The van der Waals surface area contributed by atoms with Crippen LogP contribution in [0.1, 0.15) is 0 Å². The van der Waals surface area contributed by atoms with Crippen LogP contribution >= 0.6 is 0 Å². The quantitative estimate of drug-likeness (QED) is 0.453. The van der Waals surface area contributed by atoms with Crippen LogP contribution in [0.4, 0.5) is 27.5 Å². The Morgan fingerprint density at radius 2 is 1.70 bits per heavy atom. The Bertz CT molecular complexity index is 640. The molecule has 20 heavy (non-hydrogen) atoms. The fourth-order valence-corrected chi connectivity index (χ4v) is 1.58. The second kappa shape index (κ2) is 5.70. The third-order valence-electron chi connectivity index (χ3n) is 2.48. The van der Waals surface area contributed by atoms with Gasteiger partial charge in [-0.3, -0.25) is 10.1 Å². The van der Waals surface area contributed by atoms with E-state index in [1.54, 1.807) is 24.3 Å². The predicted octanol–water partition coefficient (Wildman–Crippen LogP) is 2.82. The molecule has 0 aromatic heterocycles. The van der Waals surface area contributed by atoms with Crippen molar-refractivity contribution in [3.8, 4) is 0 Å². The molecule has 0 saturated heterocycles. The van der Waals surface area contributed by atoms with Crippen LogP contribution in [-0.2, 0) is 0 Å². The zero-order chi connectivity index (χ0) is 14.5. The first-order valence-corrected chi connectivity index (χ1v) is 5.72. The largest absolute Gasteiger partial charge is 0.399 e. The number of carbonyl (C=O) groups excluding carboxylic acids is 1. The van der Waals surface area contributed by atoms with Crippen molar-refractivity contribution in [2.75, 3.05) is 16.4 Å². The van der Waals surface area contributed by atoms with E-state index in [9.17, 15) is 14.9 Å². The van der Waals surface area contributed by atoms with E-state index in [2.05, 4.69) is 10.6 Å². The molecule has 7 heteroatoms. The number of nitrogen functional groups attached to an aromatic ring is 1. The van der Waals surface area contributed by atoms with Crippen LogP contribution in [0, 0.1) is 10.1 Å². The van der Waals surface area contributed by atoms with Crippen molar-refractivity contribution in [2.45, 2.75) is 0 Å². The Morgan fingerprint density at radius 1 is 1.05 bits per heavy atom. The molecular formula is C13H12N4O3. The summed E-state index contributed by atoms with van der Waals surface area (Å²) in [5.41, 5.74) is 7.12. The van der Waals surface area contributed by atoms with Gasteiger partial charge in [0, 0.05) is 29.2 Å². The predicted molar refractivity (Wildman–Crippen MR) is 76.6 cm³/mol. The monoisotopic (exact) mass is 272 g/mol. The van der Waals surface area contributed by atoms with Crippen LogP contribution in [0.3, 0.4) is 0 Å². The van der Waals surface area contributed by atoms with Crippen molar-refractivity contribution in [1.29, 1.82) is 0 Å². The highest BCUT2D eigenvalue weighted by molar-refractivity contribution is 6.00. The number of anilines is 3. The van der Waals surface area contributed by atoms with E-state index in [1.165, 1.54) is 24.3 Å². The lowest BCUT2D eigenvalue weighted by Crippen LogP contribution is -2.19. The Kier molecular flexibility index (Phi) is 3.80. The normalized spacial score (nSPS) is 9.80. The molecule has 0 spiro atoms. The summed E-state index contributed by atoms with van der Waals surface area (Å²) >= 11 is 0. The number of nitro groups is 1. The number of nitrogens with one attached hydrogen (secondary N) is 2. The van der Waals surface area contributed by atoms with Gasteiger partial charge in [0.25, 0.3) is 5.69 Å². The van der Waals surface area contributed by atoms with Gasteiger partial charge in [0.2, 0.25) is 0 Å². The van der Waals surface area contributed by atoms with Crippen LogP contribution in [-0.4, -0.2) is 11.0 Å². The molecule has 2 amide bonds. The van der Waals surface area contributed by atoms with E-state index >= 15 is 0 Å². The second-order valence-electron chi connectivity index (χ2n) is 4.01. The van der Waals surface area contributed by atoms with Gasteiger partial charge < -0.3 is 16.4 Å². The molecule has 0 heterocycles. The third-order valence-corrected chi connectivity index (χ3v) is 2.48. The Morgan fingerprint density at radius 3 is 2.30 bits per heavy atom. The van der Waals surface area contributed by atoms with E-state index < -0.39 is 11.0 Å². The van der Waals surface area contributed by atoms with Crippen molar-refractivity contribution in [1.82, 2.24) is 0 Å². The molecule has 2 aromatic carbocycles. The number of benzene rings is 2. The Hall–Kier alpha value is -3.09. The molecule has 4 N–H and O–H groups in total. The maximum absolute atomic E-state index is 11.7. The first-order chi connectivity index (χ1) is 9.54. The minimum Gasteiger partial charge on any atom is -0.399 e. The number of nitrogens with zero attached hydrogens (tertiary/aromatic N) is 1. The minimum absolute atomic E-state index is 0.0354. The van der Waals surface area contributed by atoms with Crippen molar-refractivity contribution >= 4 is 28.8 Å². The maximum Gasteiger partial charge on any atom is 0.323 e. The molecule has 2 aromatic rings. The summed E-state index contributed by atoms with van der Waals surface area (Å²) in [5.74, 6) is 0. The summed E-state index contributed by atoms with van der Waals surface area (Å²) in [5, 5.41) is 15.7. The molecular weight excluding hydrogens is 260 g/mol. The van der Waals surface area contributed by atoms with E-state index in [0.29, 0.717) is 17.1 Å². The third kappa shape index (κ3) is 3.45. The summed E-state index contributed by atoms with van der Waals surface area (Å²) < 4.78 is 0. The van der Waals surface area contributed by atoms with E-state index in [-0.39, 0.29) is 5.69 Å². The fourth-order valence-electron chi connectivity index (χ4n) is 1.58. The zero-order valence-corrected chi connectivity index (χ0v) is 10.4. The number of rotatable bonds is 3. The van der Waals surface area contributed by atoms with Crippen molar-refractivity contribution in [3.05, 3.63) is 58.6 Å². The number of hydrogen-bond acceptors (Lipinski definition) is 4.